The van der Waals surface area contributed by atoms with E-state index in [0.717, 1.165) is 19.5 Å². The average Bonchev–Trinajstić information content (AvgIpc) is 2.59. The molecule has 1 amide bonds. The van der Waals surface area contributed by atoms with Gasteiger partial charge in [0.15, 0.2) is 12.4 Å². The summed E-state index contributed by atoms with van der Waals surface area (Å²) in [6, 6.07) is 11.9. The van der Waals surface area contributed by atoms with Crippen LogP contribution in [0.15, 0.2) is 48.7 Å². The number of quaternary nitrogens is 1. The van der Waals surface area contributed by atoms with Gasteiger partial charge in [-0.05, 0) is 23.3 Å². The van der Waals surface area contributed by atoms with Crippen molar-refractivity contribution in [2.75, 3.05) is 25.0 Å². The van der Waals surface area contributed by atoms with Crippen LogP contribution in [0.5, 0.6) is 0 Å². The molecule has 1 aromatic heterocycles. The molecular weight excluding hydrogens is 345 g/mol. The second-order valence-corrected chi connectivity index (χ2v) is 6.60. The first-order valence-electron chi connectivity index (χ1n) is 7.81. The summed E-state index contributed by atoms with van der Waals surface area (Å²) >= 11 is 11.8. The Kier molecular flexibility index (Phi) is 5.51. The Morgan fingerprint density at radius 2 is 2.04 bits per heavy atom. The van der Waals surface area contributed by atoms with Gasteiger partial charge in [0.25, 0.3) is 5.91 Å². The maximum Gasteiger partial charge on any atom is 0.280 e. The molecule has 124 valence electrons. The summed E-state index contributed by atoms with van der Waals surface area (Å²) in [5, 5.41) is 3.53. The van der Waals surface area contributed by atoms with Gasteiger partial charge in [0.1, 0.15) is 0 Å². The summed E-state index contributed by atoms with van der Waals surface area (Å²) in [4.78, 5) is 17.5. The fraction of sp³-hybridized carbons (Fsp3) is 0.222. The largest absolute Gasteiger partial charge is 0.324 e. The zero-order chi connectivity index (χ0) is 16.9. The number of pyridine rings is 1. The molecule has 1 unspecified atom stereocenters. The van der Waals surface area contributed by atoms with Crippen LogP contribution in [0.4, 0.5) is 5.82 Å². The van der Waals surface area contributed by atoms with E-state index in [1.165, 1.54) is 22.2 Å². The highest BCUT2D eigenvalue weighted by molar-refractivity contribution is 6.36. The second kappa shape index (κ2) is 7.79. The molecule has 1 aromatic carbocycles. The molecule has 6 heteroatoms. The number of hydrogen-bond acceptors (Lipinski definition) is 2. The molecule has 0 saturated heterocycles. The van der Waals surface area contributed by atoms with Crippen molar-refractivity contribution in [3.05, 3.63) is 64.3 Å². The molecule has 0 radical (unpaired) electrons. The molecule has 4 nitrogen and oxygen atoms in total. The Bertz CT molecular complexity index is 762. The zero-order valence-electron chi connectivity index (χ0n) is 13.1. The minimum atomic E-state index is -0.0988. The number of amides is 1. The molecule has 0 bridgehead atoms. The van der Waals surface area contributed by atoms with Crippen LogP contribution < -0.4 is 10.2 Å². The van der Waals surface area contributed by atoms with Crippen molar-refractivity contribution in [2.24, 2.45) is 0 Å². The maximum absolute atomic E-state index is 12.2. The zero-order valence-corrected chi connectivity index (χ0v) is 14.6. The van der Waals surface area contributed by atoms with Gasteiger partial charge in [0, 0.05) is 12.6 Å². The molecule has 0 saturated carbocycles. The number of carbonyl (C=O) groups excluding carboxylic acids is 1. The van der Waals surface area contributed by atoms with Gasteiger partial charge in [-0.2, -0.15) is 0 Å². The van der Waals surface area contributed by atoms with Gasteiger partial charge < -0.3 is 10.2 Å². The predicted octanol–water partition coefficient (Wildman–Crippen LogP) is 2.70. The summed E-state index contributed by atoms with van der Waals surface area (Å²) in [6.45, 7) is 2.15. The van der Waals surface area contributed by atoms with Gasteiger partial charge in [0.05, 0.1) is 23.1 Å². The number of hydrogen-bond donors (Lipinski definition) is 2. The molecule has 1 aliphatic heterocycles. The number of halogens is 2. The Hall–Kier alpha value is -1.88. The lowest BCUT2D eigenvalue weighted by atomic mass is 10.00. The smallest absolute Gasteiger partial charge is 0.280 e. The summed E-state index contributed by atoms with van der Waals surface area (Å²) in [5.74, 6) is 0.251. The highest BCUT2D eigenvalue weighted by atomic mass is 35.5. The molecule has 0 spiro atoms. The molecule has 2 heterocycles. The summed E-state index contributed by atoms with van der Waals surface area (Å²) in [7, 11) is 0. The van der Waals surface area contributed by atoms with Crippen LogP contribution in [0.25, 0.3) is 5.57 Å². The van der Waals surface area contributed by atoms with Crippen LogP contribution in [0, 0.1) is 0 Å². The quantitative estimate of drug-likeness (QED) is 0.878. The fourth-order valence-electron chi connectivity index (χ4n) is 2.77. The second-order valence-electron chi connectivity index (χ2n) is 5.76. The molecule has 24 heavy (non-hydrogen) atoms. The Balaban J connectivity index is 1.56. The number of carbonyl (C=O) groups is 1. The summed E-state index contributed by atoms with van der Waals surface area (Å²) < 4.78 is 0. The maximum atomic E-state index is 12.2. The number of aromatic nitrogens is 1. The lowest BCUT2D eigenvalue weighted by Gasteiger charge is -2.23. The molecule has 1 aliphatic rings. The lowest BCUT2D eigenvalue weighted by Crippen LogP contribution is -3.13. The average molecular weight is 363 g/mol. The highest BCUT2D eigenvalue weighted by Crippen LogP contribution is 2.22. The van der Waals surface area contributed by atoms with Crippen molar-refractivity contribution in [1.82, 2.24) is 4.98 Å². The van der Waals surface area contributed by atoms with Gasteiger partial charge in [0.2, 0.25) is 0 Å². The van der Waals surface area contributed by atoms with Crippen molar-refractivity contribution in [1.29, 1.82) is 0 Å². The Morgan fingerprint density at radius 3 is 2.71 bits per heavy atom. The summed E-state index contributed by atoms with van der Waals surface area (Å²) in [6.07, 6.45) is 4.65. The van der Waals surface area contributed by atoms with E-state index in [1.807, 2.05) is 18.2 Å². The van der Waals surface area contributed by atoms with E-state index < -0.39 is 0 Å². The first-order valence-corrected chi connectivity index (χ1v) is 8.56. The molecule has 0 aliphatic carbocycles. The number of benzene rings is 1. The molecule has 2 aromatic rings. The molecule has 2 N–H and O–H groups in total. The monoisotopic (exact) mass is 362 g/mol. The van der Waals surface area contributed by atoms with Crippen LogP contribution in [0.3, 0.4) is 0 Å². The van der Waals surface area contributed by atoms with E-state index >= 15 is 0 Å². The number of anilines is 1. The predicted molar refractivity (Wildman–Crippen MR) is 97.5 cm³/mol. The highest BCUT2D eigenvalue weighted by Gasteiger charge is 2.19. The Labute approximate surface area is 151 Å². The van der Waals surface area contributed by atoms with Crippen molar-refractivity contribution >= 4 is 40.5 Å². The third-order valence-electron chi connectivity index (χ3n) is 4.01. The standard InChI is InChI=1S/C18H17Cl2N3O/c19-15-10-16(20)18(21-11-15)22-17(24)12-23-8-6-14(7-9-23)13-4-2-1-3-5-13/h1-6,10-11H,7-9,12H2,(H,21,22,24)/p+1. The van der Waals surface area contributed by atoms with E-state index in [-0.39, 0.29) is 5.91 Å². The number of rotatable bonds is 4. The van der Waals surface area contributed by atoms with Gasteiger partial charge in [-0.3, -0.25) is 4.79 Å². The third kappa shape index (κ3) is 4.35. The van der Waals surface area contributed by atoms with E-state index in [9.17, 15) is 4.79 Å². The lowest BCUT2D eigenvalue weighted by molar-refractivity contribution is -0.886. The Morgan fingerprint density at radius 1 is 1.25 bits per heavy atom. The van der Waals surface area contributed by atoms with Crippen LogP contribution in [0.1, 0.15) is 12.0 Å². The van der Waals surface area contributed by atoms with Crippen LogP contribution in [-0.4, -0.2) is 30.5 Å². The topological polar surface area (TPSA) is 46.4 Å². The van der Waals surface area contributed by atoms with Crippen molar-refractivity contribution in [3.63, 3.8) is 0 Å². The van der Waals surface area contributed by atoms with E-state index in [4.69, 9.17) is 23.2 Å². The minimum Gasteiger partial charge on any atom is -0.324 e. The molecule has 3 rings (SSSR count). The van der Waals surface area contributed by atoms with Crippen molar-refractivity contribution in [3.8, 4) is 0 Å². The molecular formula is C18H18Cl2N3O+. The third-order valence-corrected chi connectivity index (χ3v) is 4.50. The van der Waals surface area contributed by atoms with Gasteiger partial charge in [-0.1, -0.05) is 53.5 Å². The van der Waals surface area contributed by atoms with Crippen molar-refractivity contribution < 1.29 is 9.69 Å². The van der Waals surface area contributed by atoms with Crippen LogP contribution >= 0.6 is 23.2 Å². The van der Waals surface area contributed by atoms with E-state index in [0.29, 0.717) is 22.4 Å². The SMILES string of the molecule is O=C(C[NH+]1CC=C(c2ccccc2)CC1)Nc1ncc(Cl)cc1Cl. The first-order chi connectivity index (χ1) is 11.6. The minimum absolute atomic E-state index is 0.0988. The van der Waals surface area contributed by atoms with Gasteiger partial charge in [-0.15, -0.1) is 0 Å². The van der Waals surface area contributed by atoms with E-state index in [1.54, 1.807) is 6.07 Å². The van der Waals surface area contributed by atoms with Crippen LogP contribution in [-0.2, 0) is 4.79 Å². The number of nitrogens with one attached hydrogen (secondary N) is 2. The van der Waals surface area contributed by atoms with Crippen molar-refractivity contribution in [2.45, 2.75) is 6.42 Å². The van der Waals surface area contributed by atoms with Crippen LogP contribution in [0.2, 0.25) is 10.0 Å². The molecule has 1 atom stereocenters. The normalized spacial score (nSPS) is 17.2. The van der Waals surface area contributed by atoms with Gasteiger partial charge >= 0.3 is 0 Å². The van der Waals surface area contributed by atoms with E-state index in [2.05, 4.69) is 28.5 Å². The first kappa shape index (κ1) is 17.0. The summed E-state index contributed by atoms with van der Waals surface area (Å²) in [5.41, 5.74) is 2.61. The van der Waals surface area contributed by atoms with Gasteiger partial charge in [-0.25, -0.2) is 4.98 Å². The number of nitrogens with zero attached hydrogens (tertiary/aromatic N) is 1. The fourth-order valence-corrected chi connectivity index (χ4v) is 3.20. The molecule has 0 fully saturated rings.